The second-order valence-corrected chi connectivity index (χ2v) is 4.84. The molecule has 0 amide bonds. The van der Waals surface area contributed by atoms with Gasteiger partial charge < -0.3 is 19.9 Å². The standard InChI is InChI=1S/C17H21NO3/c1-12(18-15-6-4-5-13(9-15)11-19)14-7-8-16(20-2)17(10-14)21-3/h4-10,12,18-19H,11H2,1-3H3. The fourth-order valence-corrected chi connectivity index (χ4v) is 2.21. The molecule has 4 heteroatoms. The Kier molecular flexibility index (Phi) is 5.06. The quantitative estimate of drug-likeness (QED) is 0.855. The van der Waals surface area contributed by atoms with Crippen molar-refractivity contribution in [2.75, 3.05) is 19.5 Å². The molecule has 4 nitrogen and oxygen atoms in total. The Morgan fingerprint density at radius 1 is 1.05 bits per heavy atom. The molecule has 2 N–H and O–H groups in total. The SMILES string of the molecule is COc1ccc(C(C)Nc2cccc(CO)c2)cc1OC. The van der Waals surface area contributed by atoms with Crippen molar-refractivity contribution in [2.24, 2.45) is 0 Å². The summed E-state index contributed by atoms with van der Waals surface area (Å²) >= 11 is 0. The average molecular weight is 287 g/mol. The van der Waals surface area contributed by atoms with E-state index in [2.05, 4.69) is 12.2 Å². The number of hydrogen-bond acceptors (Lipinski definition) is 4. The summed E-state index contributed by atoms with van der Waals surface area (Å²) in [7, 11) is 3.25. The highest BCUT2D eigenvalue weighted by Gasteiger charge is 2.10. The Morgan fingerprint density at radius 2 is 1.81 bits per heavy atom. The zero-order valence-electron chi connectivity index (χ0n) is 12.6. The van der Waals surface area contributed by atoms with Gasteiger partial charge in [0.05, 0.1) is 20.8 Å². The molecular weight excluding hydrogens is 266 g/mol. The summed E-state index contributed by atoms with van der Waals surface area (Å²) in [6.45, 7) is 2.12. The lowest BCUT2D eigenvalue weighted by atomic mass is 10.1. The van der Waals surface area contributed by atoms with Crippen LogP contribution in [0, 0.1) is 0 Å². The zero-order chi connectivity index (χ0) is 15.2. The number of nitrogens with one attached hydrogen (secondary N) is 1. The lowest BCUT2D eigenvalue weighted by Gasteiger charge is -2.18. The average Bonchev–Trinajstić information content (AvgIpc) is 2.54. The Morgan fingerprint density at radius 3 is 2.48 bits per heavy atom. The van der Waals surface area contributed by atoms with Gasteiger partial charge in [0.25, 0.3) is 0 Å². The molecule has 0 heterocycles. The van der Waals surface area contributed by atoms with Crippen molar-refractivity contribution in [3.8, 4) is 11.5 Å². The highest BCUT2D eigenvalue weighted by atomic mass is 16.5. The van der Waals surface area contributed by atoms with Crippen molar-refractivity contribution in [1.82, 2.24) is 0 Å². The van der Waals surface area contributed by atoms with Crippen molar-refractivity contribution >= 4 is 5.69 Å². The number of rotatable bonds is 6. The third-order valence-electron chi connectivity index (χ3n) is 3.40. The molecule has 0 spiro atoms. The normalized spacial score (nSPS) is 11.8. The van der Waals surface area contributed by atoms with Gasteiger partial charge in [-0.25, -0.2) is 0 Å². The molecule has 0 radical (unpaired) electrons. The lowest BCUT2D eigenvalue weighted by molar-refractivity contribution is 0.282. The van der Waals surface area contributed by atoms with Crippen molar-refractivity contribution in [1.29, 1.82) is 0 Å². The third kappa shape index (κ3) is 3.67. The molecule has 0 bridgehead atoms. The zero-order valence-corrected chi connectivity index (χ0v) is 12.6. The van der Waals surface area contributed by atoms with Crippen LogP contribution in [0.25, 0.3) is 0 Å². The Bertz CT molecular complexity index is 598. The third-order valence-corrected chi connectivity index (χ3v) is 3.40. The molecule has 0 aliphatic carbocycles. The van der Waals surface area contributed by atoms with Crippen molar-refractivity contribution in [2.45, 2.75) is 19.6 Å². The molecule has 1 atom stereocenters. The van der Waals surface area contributed by atoms with Gasteiger partial charge in [0, 0.05) is 11.7 Å². The summed E-state index contributed by atoms with van der Waals surface area (Å²) in [5.74, 6) is 1.43. The van der Waals surface area contributed by atoms with Crippen LogP contribution in [0.15, 0.2) is 42.5 Å². The van der Waals surface area contributed by atoms with Crippen LogP contribution in [0.3, 0.4) is 0 Å². The van der Waals surface area contributed by atoms with Gasteiger partial charge in [-0.05, 0) is 42.3 Å². The fraction of sp³-hybridized carbons (Fsp3) is 0.294. The Balaban J connectivity index is 2.17. The van der Waals surface area contributed by atoms with E-state index >= 15 is 0 Å². The maximum atomic E-state index is 9.18. The summed E-state index contributed by atoms with van der Waals surface area (Å²) in [4.78, 5) is 0. The highest BCUT2D eigenvalue weighted by molar-refractivity contribution is 5.49. The number of aliphatic hydroxyl groups is 1. The number of aliphatic hydroxyl groups excluding tert-OH is 1. The van der Waals surface area contributed by atoms with Crippen LogP contribution >= 0.6 is 0 Å². The van der Waals surface area contributed by atoms with Gasteiger partial charge in [0.15, 0.2) is 11.5 Å². The van der Waals surface area contributed by atoms with Crippen molar-refractivity contribution < 1.29 is 14.6 Å². The van der Waals surface area contributed by atoms with Gasteiger partial charge in [0.1, 0.15) is 0 Å². The molecule has 21 heavy (non-hydrogen) atoms. The Hall–Kier alpha value is -2.20. The summed E-state index contributed by atoms with van der Waals surface area (Å²) < 4.78 is 10.6. The molecule has 2 aromatic rings. The highest BCUT2D eigenvalue weighted by Crippen LogP contribution is 2.31. The number of benzene rings is 2. The minimum atomic E-state index is 0.0419. The number of methoxy groups -OCH3 is 2. The van der Waals surface area contributed by atoms with Crippen LogP contribution in [0.1, 0.15) is 24.1 Å². The van der Waals surface area contributed by atoms with Crippen LogP contribution in [-0.4, -0.2) is 19.3 Å². The van der Waals surface area contributed by atoms with Gasteiger partial charge in [-0.3, -0.25) is 0 Å². The predicted octanol–water partition coefficient (Wildman–Crippen LogP) is 3.37. The summed E-state index contributed by atoms with van der Waals surface area (Å²) in [6.07, 6.45) is 0. The summed E-state index contributed by atoms with van der Waals surface area (Å²) in [5, 5.41) is 12.6. The maximum absolute atomic E-state index is 9.18. The first-order chi connectivity index (χ1) is 10.2. The van der Waals surface area contributed by atoms with Crippen LogP contribution in [-0.2, 0) is 6.61 Å². The second-order valence-electron chi connectivity index (χ2n) is 4.84. The first-order valence-electron chi connectivity index (χ1n) is 6.86. The molecule has 0 aliphatic heterocycles. The summed E-state index contributed by atoms with van der Waals surface area (Å²) in [6, 6.07) is 13.7. The minimum absolute atomic E-state index is 0.0419. The summed E-state index contributed by atoms with van der Waals surface area (Å²) in [5.41, 5.74) is 2.96. The van der Waals surface area contributed by atoms with E-state index in [9.17, 15) is 5.11 Å². The lowest BCUT2D eigenvalue weighted by Crippen LogP contribution is -2.07. The molecule has 0 saturated carbocycles. The predicted molar refractivity (Wildman–Crippen MR) is 83.9 cm³/mol. The van der Waals surface area contributed by atoms with Crippen molar-refractivity contribution in [3.05, 3.63) is 53.6 Å². The van der Waals surface area contributed by atoms with Crippen LogP contribution in [0.4, 0.5) is 5.69 Å². The molecule has 1 unspecified atom stereocenters. The van der Waals surface area contributed by atoms with Gasteiger partial charge in [-0.15, -0.1) is 0 Å². The van der Waals surface area contributed by atoms with Gasteiger partial charge >= 0.3 is 0 Å². The van der Waals surface area contributed by atoms with Crippen LogP contribution in [0.5, 0.6) is 11.5 Å². The maximum Gasteiger partial charge on any atom is 0.161 e. The van der Waals surface area contributed by atoms with Gasteiger partial charge in [-0.2, -0.15) is 0 Å². The number of ether oxygens (including phenoxy) is 2. The minimum Gasteiger partial charge on any atom is -0.493 e. The molecule has 0 aliphatic rings. The van der Waals surface area contributed by atoms with E-state index in [1.807, 2.05) is 42.5 Å². The van der Waals surface area contributed by atoms with E-state index < -0.39 is 0 Å². The van der Waals surface area contributed by atoms with E-state index in [0.29, 0.717) is 5.75 Å². The van der Waals surface area contributed by atoms with E-state index in [1.165, 1.54) is 0 Å². The largest absolute Gasteiger partial charge is 0.493 e. The molecule has 0 fully saturated rings. The smallest absolute Gasteiger partial charge is 0.161 e. The fourth-order valence-electron chi connectivity index (χ4n) is 2.21. The van der Waals surface area contributed by atoms with E-state index in [4.69, 9.17) is 9.47 Å². The number of anilines is 1. The molecule has 2 rings (SSSR count). The second kappa shape index (κ2) is 6.99. The molecule has 2 aromatic carbocycles. The van der Waals surface area contributed by atoms with Crippen LogP contribution < -0.4 is 14.8 Å². The topological polar surface area (TPSA) is 50.7 Å². The van der Waals surface area contributed by atoms with Gasteiger partial charge in [-0.1, -0.05) is 18.2 Å². The van der Waals surface area contributed by atoms with E-state index in [0.717, 1.165) is 22.6 Å². The first kappa shape index (κ1) is 15.2. The van der Waals surface area contributed by atoms with Gasteiger partial charge in [0.2, 0.25) is 0 Å². The molecular formula is C17H21NO3. The number of hydrogen-bond donors (Lipinski definition) is 2. The molecule has 112 valence electrons. The molecule has 0 saturated heterocycles. The first-order valence-corrected chi connectivity index (χ1v) is 6.86. The monoisotopic (exact) mass is 287 g/mol. The van der Waals surface area contributed by atoms with E-state index in [1.54, 1.807) is 14.2 Å². The van der Waals surface area contributed by atoms with E-state index in [-0.39, 0.29) is 12.6 Å². The molecule has 0 aromatic heterocycles. The Labute approximate surface area is 125 Å². The van der Waals surface area contributed by atoms with Crippen molar-refractivity contribution in [3.63, 3.8) is 0 Å². The van der Waals surface area contributed by atoms with Crippen LogP contribution in [0.2, 0.25) is 0 Å².